The molecule has 2 aromatic carbocycles. The van der Waals surface area contributed by atoms with E-state index in [9.17, 15) is 13.2 Å². The molecule has 1 aliphatic heterocycles. The van der Waals surface area contributed by atoms with E-state index in [0.717, 1.165) is 6.42 Å². The van der Waals surface area contributed by atoms with Crippen LogP contribution in [-0.2, 0) is 10.2 Å². The Morgan fingerprint density at radius 2 is 2.00 bits per heavy atom. The summed E-state index contributed by atoms with van der Waals surface area (Å²) in [7, 11) is -3.51. The molecule has 0 atom stereocenters. The van der Waals surface area contributed by atoms with Crippen LogP contribution >= 0.6 is 0 Å². The molecule has 0 radical (unpaired) electrons. The monoisotopic (exact) mass is 372 g/mol. The van der Waals surface area contributed by atoms with Crippen molar-refractivity contribution < 1.29 is 17.6 Å². The van der Waals surface area contributed by atoms with E-state index in [0.29, 0.717) is 41.1 Å². The quantitative estimate of drug-likeness (QED) is 0.733. The van der Waals surface area contributed by atoms with E-state index >= 15 is 0 Å². The Labute approximate surface area is 150 Å². The number of amides is 1. The van der Waals surface area contributed by atoms with Gasteiger partial charge in [-0.2, -0.15) is 13.1 Å². The van der Waals surface area contributed by atoms with Crippen LogP contribution in [0.15, 0.2) is 53.3 Å². The number of nitrogens with one attached hydrogen (secondary N) is 2. The Morgan fingerprint density at radius 3 is 2.77 bits per heavy atom. The maximum atomic E-state index is 12.4. The number of aromatic nitrogens is 1. The first-order valence-electron chi connectivity index (χ1n) is 8.05. The minimum absolute atomic E-state index is 0.293. The van der Waals surface area contributed by atoms with Gasteiger partial charge in [-0.1, -0.05) is 0 Å². The van der Waals surface area contributed by atoms with Crippen LogP contribution in [0.4, 0.5) is 11.4 Å². The summed E-state index contributed by atoms with van der Waals surface area (Å²) in [6, 6.07) is 11.6. The third-order valence-electron chi connectivity index (χ3n) is 4.12. The summed E-state index contributed by atoms with van der Waals surface area (Å²) in [5, 5.41) is 2.79. The molecule has 9 heteroatoms. The van der Waals surface area contributed by atoms with Crippen LogP contribution in [0.2, 0.25) is 0 Å². The topological polar surface area (TPSA) is 105 Å². The van der Waals surface area contributed by atoms with Gasteiger partial charge in [-0.3, -0.25) is 9.10 Å². The van der Waals surface area contributed by atoms with Crippen LogP contribution in [0.1, 0.15) is 16.8 Å². The number of carbonyl (C=O) groups is 1. The lowest BCUT2D eigenvalue weighted by Crippen LogP contribution is -2.47. The van der Waals surface area contributed by atoms with Crippen molar-refractivity contribution in [3.05, 3.63) is 54.4 Å². The Balaban J connectivity index is 1.51. The predicted molar refractivity (Wildman–Crippen MR) is 97.3 cm³/mol. The molecule has 0 saturated carbocycles. The molecule has 0 bridgehead atoms. The largest absolute Gasteiger partial charge is 0.443 e. The number of oxazole rings is 1. The molecule has 0 spiro atoms. The minimum atomic E-state index is -3.51. The second-order valence-electron chi connectivity index (χ2n) is 5.86. The number of anilines is 2. The molecule has 1 amide bonds. The maximum absolute atomic E-state index is 12.4. The van der Waals surface area contributed by atoms with Crippen LogP contribution in [0.25, 0.3) is 11.1 Å². The molecule has 1 saturated heterocycles. The molecule has 0 aliphatic carbocycles. The Bertz CT molecular complexity index is 1060. The molecule has 8 nitrogen and oxygen atoms in total. The van der Waals surface area contributed by atoms with Gasteiger partial charge in [0.25, 0.3) is 5.91 Å². The molecule has 1 aromatic heterocycles. The number of benzene rings is 2. The van der Waals surface area contributed by atoms with Gasteiger partial charge in [0.1, 0.15) is 5.52 Å². The lowest BCUT2D eigenvalue weighted by molar-refractivity contribution is 0.102. The molecule has 134 valence electrons. The van der Waals surface area contributed by atoms with Crippen LogP contribution in [-0.4, -0.2) is 32.4 Å². The number of nitrogens with zero attached hydrogens (tertiary/aromatic N) is 2. The van der Waals surface area contributed by atoms with Crippen molar-refractivity contribution in [1.29, 1.82) is 0 Å². The normalized spacial score (nSPS) is 16.5. The molecule has 0 unspecified atom stereocenters. The first-order valence-corrected chi connectivity index (χ1v) is 9.49. The molecule has 2 N–H and O–H groups in total. The zero-order valence-electron chi connectivity index (χ0n) is 13.7. The fraction of sp³-hybridized carbons (Fsp3) is 0.176. The molecule has 2 heterocycles. The lowest BCUT2D eigenvalue weighted by atomic mass is 10.2. The van der Waals surface area contributed by atoms with Gasteiger partial charge in [-0.25, -0.2) is 4.98 Å². The van der Waals surface area contributed by atoms with Crippen molar-refractivity contribution in [2.24, 2.45) is 0 Å². The van der Waals surface area contributed by atoms with Crippen molar-refractivity contribution in [1.82, 2.24) is 9.71 Å². The molecule has 1 fully saturated rings. The number of hydrogen-bond acceptors (Lipinski definition) is 5. The highest BCUT2D eigenvalue weighted by Gasteiger charge is 2.25. The van der Waals surface area contributed by atoms with Crippen LogP contribution in [0.3, 0.4) is 0 Å². The fourth-order valence-electron chi connectivity index (χ4n) is 2.81. The summed E-state index contributed by atoms with van der Waals surface area (Å²) in [5.74, 6) is -0.293. The Kier molecular flexibility index (Phi) is 4.09. The molecule has 4 rings (SSSR count). The molecule has 1 aliphatic rings. The summed E-state index contributed by atoms with van der Waals surface area (Å²) < 4.78 is 33.1. The van der Waals surface area contributed by atoms with Gasteiger partial charge in [0.05, 0.1) is 5.69 Å². The summed E-state index contributed by atoms with van der Waals surface area (Å²) in [5.41, 5.74) is 2.85. The van der Waals surface area contributed by atoms with Gasteiger partial charge in [0, 0.05) is 24.3 Å². The van der Waals surface area contributed by atoms with Crippen molar-refractivity contribution in [3.63, 3.8) is 0 Å². The van der Waals surface area contributed by atoms with E-state index in [1.54, 1.807) is 42.5 Å². The molecular formula is C17H16N4O4S. The van der Waals surface area contributed by atoms with Gasteiger partial charge in [0.15, 0.2) is 12.0 Å². The van der Waals surface area contributed by atoms with Crippen molar-refractivity contribution in [2.45, 2.75) is 6.42 Å². The van der Waals surface area contributed by atoms with Crippen molar-refractivity contribution >= 4 is 38.6 Å². The van der Waals surface area contributed by atoms with Crippen LogP contribution < -0.4 is 14.3 Å². The van der Waals surface area contributed by atoms with Crippen LogP contribution in [0.5, 0.6) is 0 Å². The molecular weight excluding hydrogens is 356 g/mol. The van der Waals surface area contributed by atoms with E-state index in [2.05, 4.69) is 15.0 Å². The standard InChI is InChI=1S/C17H16N4O4S/c22-17(20-13-4-7-16-15(10-13)18-11-25-16)12-2-5-14(6-3-12)21-9-1-8-19-26(21,23)24/h2-7,10-11,19H,1,8-9H2,(H,20,22). The van der Waals surface area contributed by atoms with Gasteiger partial charge >= 0.3 is 10.2 Å². The van der Waals surface area contributed by atoms with E-state index in [-0.39, 0.29) is 5.91 Å². The first kappa shape index (κ1) is 16.6. The number of rotatable bonds is 3. The minimum Gasteiger partial charge on any atom is -0.443 e. The maximum Gasteiger partial charge on any atom is 0.301 e. The zero-order chi connectivity index (χ0) is 18.1. The molecule has 26 heavy (non-hydrogen) atoms. The first-order chi connectivity index (χ1) is 12.5. The predicted octanol–water partition coefficient (Wildman–Crippen LogP) is 2.12. The van der Waals surface area contributed by atoms with Gasteiger partial charge in [-0.15, -0.1) is 0 Å². The fourth-order valence-corrected chi connectivity index (χ4v) is 4.13. The zero-order valence-corrected chi connectivity index (χ0v) is 14.5. The highest BCUT2D eigenvalue weighted by atomic mass is 32.2. The number of carbonyl (C=O) groups excluding carboxylic acids is 1. The van der Waals surface area contributed by atoms with E-state index in [1.165, 1.54) is 10.7 Å². The lowest BCUT2D eigenvalue weighted by Gasteiger charge is -2.28. The highest BCUT2D eigenvalue weighted by Crippen LogP contribution is 2.22. The second kappa shape index (κ2) is 6.43. The van der Waals surface area contributed by atoms with Crippen molar-refractivity contribution in [3.8, 4) is 0 Å². The van der Waals surface area contributed by atoms with Gasteiger partial charge in [0.2, 0.25) is 0 Å². The van der Waals surface area contributed by atoms with Crippen molar-refractivity contribution in [2.75, 3.05) is 22.7 Å². The summed E-state index contributed by atoms with van der Waals surface area (Å²) >= 11 is 0. The number of hydrogen-bond donors (Lipinski definition) is 2. The highest BCUT2D eigenvalue weighted by molar-refractivity contribution is 7.90. The van der Waals surface area contributed by atoms with Gasteiger partial charge < -0.3 is 9.73 Å². The summed E-state index contributed by atoms with van der Waals surface area (Å²) in [6.45, 7) is 0.855. The SMILES string of the molecule is O=C(Nc1ccc2ocnc2c1)c1ccc(N2CCCNS2(=O)=O)cc1. The molecule has 3 aromatic rings. The average molecular weight is 372 g/mol. The van der Waals surface area contributed by atoms with E-state index in [1.807, 2.05) is 0 Å². The Morgan fingerprint density at radius 1 is 1.19 bits per heavy atom. The third-order valence-corrected chi connectivity index (χ3v) is 5.66. The third kappa shape index (κ3) is 3.14. The Hall–Kier alpha value is -2.91. The summed E-state index contributed by atoms with van der Waals surface area (Å²) in [4.78, 5) is 16.5. The van der Waals surface area contributed by atoms with E-state index in [4.69, 9.17) is 4.42 Å². The second-order valence-corrected chi connectivity index (χ2v) is 7.54. The van der Waals surface area contributed by atoms with Gasteiger partial charge in [-0.05, 0) is 48.9 Å². The average Bonchev–Trinajstić information content (AvgIpc) is 3.09. The van der Waals surface area contributed by atoms with Crippen LogP contribution in [0, 0.1) is 0 Å². The smallest absolute Gasteiger partial charge is 0.301 e. The number of fused-ring (bicyclic) bond motifs is 1. The van der Waals surface area contributed by atoms with E-state index < -0.39 is 10.2 Å². The summed E-state index contributed by atoms with van der Waals surface area (Å²) in [6.07, 6.45) is 2.07.